The number of aryl methyl sites for hydroxylation is 1. The number of carbonyl (C=O) groups excluding carboxylic acids is 1. The van der Waals surface area contributed by atoms with Crippen LogP contribution in [-0.4, -0.2) is 42.2 Å². The number of hydrogen-bond donors (Lipinski definition) is 2. The Labute approximate surface area is 203 Å². The first kappa shape index (κ1) is 26.0. The number of benzene rings is 1. The Hall–Kier alpha value is -3.65. The summed E-state index contributed by atoms with van der Waals surface area (Å²) in [4.78, 5) is 24.6. The lowest BCUT2D eigenvalue weighted by molar-refractivity contribution is -0.131. The lowest BCUT2D eigenvalue weighted by atomic mass is 10.0. The number of rotatable bonds is 8. The van der Waals surface area contributed by atoms with E-state index in [4.69, 9.17) is 14.4 Å². The molecule has 3 rings (SSSR count). The second-order valence-electron chi connectivity index (χ2n) is 8.17. The molecule has 10 heteroatoms. The van der Waals surface area contributed by atoms with E-state index in [1.165, 1.54) is 23.0 Å². The maximum absolute atomic E-state index is 12.6. The second-order valence-corrected chi connectivity index (χ2v) is 10.6. The third kappa shape index (κ3) is 6.08. The van der Waals surface area contributed by atoms with Crippen molar-refractivity contribution >= 4 is 15.7 Å². The summed E-state index contributed by atoms with van der Waals surface area (Å²) in [6, 6.07) is 14.1. The maximum Gasteiger partial charge on any atom is 0.264 e. The van der Waals surface area contributed by atoms with Gasteiger partial charge >= 0.3 is 0 Å². The average molecular weight is 499 g/mol. The topological polar surface area (TPSA) is 128 Å². The zero-order valence-corrected chi connectivity index (χ0v) is 20.4. The van der Waals surface area contributed by atoms with E-state index in [1.807, 2.05) is 30.3 Å². The fourth-order valence-corrected chi connectivity index (χ4v) is 4.18. The predicted molar refractivity (Wildman–Crippen MR) is 129 cm³/mol. The van der Waals surface area contributed by atoms with E-state index in [-0.39, 0.29) is 18.5 Å². The van der Waals surface area contributed by atoms with Crippen LogP contribution in [0.4, 0.5) is 0 Å². The number of hydrogen-bond acceptors (Lipinski definition) is 7. The molecule has 2 heterocycles. The lowest BCUT2D eigenvalue weighted by Gasteiger charge is -2.25. The lowest BCUT2D eigenvalue weighted by Crippen LogP contribution is -2.49. The molecule has 0 fully saturated rings. The molecule has 0 aliphatic carbocycles. The van der Waals surface area contributed by atoms with Crippen molar-refractivity contribution in [3.63, 3.8) is 0 Å². The molecule has 0 spiro atoms. The number of hydroxylamine groups is 1. The van der Waals surface area contributed by atoms with Gasteiger partial charge in [0.05, 0.1) is 0 Å². The van der Waals surface area contributed by atoms with E-state index in [0.717, 1.165) is 17.4 Å². The summed E-state index contributed by atoms with van der Waals surface area (Å²) in [5.41, 5.74) is 3.31. The summed E-state index contributed by atoms with van der Waals surface area (Å²) in [6.07, 6.45) is 2.27. The van der Waals surface area contributed by atoms with E-state index >= 15 is 0 Å². The third-order valence-electron chi connectivity index (χ3n) is 5.72. The van der Waals surface area contributed by atoms with Crippen LogP contribution < -0.4 is 11.0 Å². The van der Waals surface area contributed by atoms with Crippen LogP contribution in [0.3, 0.4) is 0 Å². The molecule has 0 aliphatic rings. The normalized spacial score (nSPS) is 12.9. The molecule has 1 aromatic carbocycles. The number of carbonyl (C=O) groups is 1. The van der Waals surface area contributed by atoms with Crippen LogP contribution in [0, 0.1) is 11.8 Å². The van der Waals surface area contributed by atoms with E-state index in [9.17, 15) is 18.0 Å². The highest BCUT2D eigenvalue weighted by atomic mass is 32.2. The van der Waals surface area contributed by atoms with Gasteiger partial charge in [0.25, 0.3) is 11.5 Å². The summed E-state index contributed by atoms with van der Waals surface area (Å²) >= 11 is 0. The Morgan fingerprint density at radius 3 is 2.46 bits per heavy atom. The minimum absolute atomic E-state index is 0.0243. The fraction of sp³-hybridized carbons (Fsp3) is 0.280. The highest BCUT2D eigenvalue weighted by molar-refractivity contribution is 7.92. The maximum atomic E-state index is 12.6. The van der Waals surface area contributed by atoms with Crippen molar-refractivity contribution < 1.29 is 27.6 Å². The number of aromatic nitrogens is 1. The number of nitrogens with zero attached hydrogens (tertiary/aromatic N) is 1. The third-order valence-corrected chi connectivity index (χ3v) is 7.75. The molecular formula is C25H26N2O7S. The number of methoxy groups -OCH3 is 1. The summed E-state index contributed by atoms with van der Waals surface area (Å²) in [6.45, 7) is 1.57. The standard InChI is InChI=1S/C25H26N2O7S/c1-25(24(29)26-30,35(3,31)32)13-15-27-14-12-20(16-23(27)28)19-7-4-18(5-8-19)6-9-21-10-11-22(34-21)17-33-2/h4-5,7-8,10-12,14,16,30H,13,15,17H2,1-3H3,(H,26,29). The molecule has 0 saturated carbocycles. The van der Waals surface area contributed by atoms with E-state index in [2.05, 4.69) is 11.8 Å². The van der Waals surface area contributed by atoms with Gasteiger partial charge in [0.15, 0.2) is 20.3 Å². The number of ether oxygens (including phenoxy) is 1. The number of pyridine rings is 1. The molecule has 3 aromatic rings. The smallest absolute Gasteiger partial charge is 0.264 e. The summed E-state index contributed by atoms with van der Waals surface area (Å²) in [7, 11) is -2.26. The quantitative estimate of drug-likeness (QED) is 0.277. The summed E-state index contributed by atoms with van der Waals surface area (Å²) < 4.78 is 34.2. The second kappa shape index (κ2) is 10.7. The molecular weight excluding hydrogens is 472 g/mol. The first-order valence-corrected chi connectivity index (χ1v) is 12.5. The molecule has 0 saturated heterocycles. The van der Waals surface area contributed by atoms with Crippen LogP contribution >= 0.6 is 0 Å². The van der Waals surface area contributed by atoms with Crippen molar-refractivity contribution in [3.8, 4) is 23.0 Å². The largest absolute Gasteiger partial charge is 0.450 e. The predicted octanol–water partition coefficient (Wildman–Crippen LogP) is 2.35. The van der Waals surface area contributed by atoms with Gasteiger partial charge in [-0.3, -0.25) is 14.8 Å². The van der Waals surface area contributed by atoms with Gasteiger partial charge < -0.3 is 13.7 Å². The van der Waals surface area contributed by atoms with Crippen molar-refractivity contribution in [2.45, 2.75) is 31.2 Å². The Morgan fingerprint density at radius 1 is 1.14 bits per heavy atom. The number of amides is 1. The van der Waals surface area contributed by atoms with Gasteiger partial charge in [-0.25, -0.2) is 13.9 Å². The fourth-order valence-electron chi connectivity index (χ4n) is 3.34. The van der Waals surface area contributed by atoms with E-state index in [0.29, 0.717) is 23.7 Å². The van der Waals surface area contributed by atoms with Crippen LogP contribution in [0.5, 0.6) is 0 Å². The van der Waals surface area contributed by atoms with Gasteiger partial charge in [-0.2, -0.15) is 0 Å². The Kier molecular flexibility index (Phi) is 7.96. The zero-order valence-electron chi connectivity index (χ0n) is 19.6. The Bertz CT molecular complexity index is 1430. The number of furan rings is 1. The summed E-state index contributed by atoms with van der Waals surface area (Å²) in [5, 5.41) is 8.93. The van der Waals surface area contributed by atoms with Crippen LogP contribution in [0.1, 0.15) is 30.4 Å². The Balaban J connectivity index is 1.73. The van der Waals surface area contributed by atoms with Gasteiger partial charge in [-0.15, -0.1) is 0 Å². The molecule has 35 heavy (non-hydrogen) atoms. The molecule has 2 N–H and O–H groups in total. The van der Waals surface area contributed by atoms with Crippen LogP contribution in [0.15, 0.2) is 63.9 Å². The number of sulfone groups is 1. The highest BCUT2D eigenvalue weighted by Crippen LogP contribution is 2.23. The average Bonchev–Trinajstić information content (AvgIpc) is 3.28. The minimum Gasteiger partial charge on any atom is -0.450 e. The van der Waals surface area contributed by atoms with E-state index < -0.39 is 20.5 Å². The van der Waals surface area contributed by atoms with Gasteiger partial charge in [0.1, 0.15) is 12.4 Å². The highest BCUT2D eigenvalue weighted by Gasteiger charge is 2.43. The van der Waals surface area contributed by atoms with Crippen molar-refractivity contribution in [3.05, 3.63) is 82.2 Å². The molecule has 0 bridgehead atoms. The van der Waals surface area contributed by atoms with Crippen LogP contribution in [0.25, 0.3) is 11.1 Å². The van der Waals surface area contributed by atoms with Gasteiger partial charge in [0, 0.05) is 37.7 Å². The number of nitrogens with one attached hydrogen (secondary N) is 1. The van der Waals surface area contributed by atoms with Crippen molar-refractivity contribution in [1.82, 2.24) is 10.0 Å². The first-order valence-electron chi connectivity index (χ1n) is 10.6. The van der Waals surface area contributed by atoms with Crippen molar-refractivity contribution in [2.24, 2.45) is 0 Å². The van der Waals surface area contributed by atoms with Crippen molar-refractivity contribution in [1.29, 1.82) is 0 Å². The molecule has 1 unspecified atom stereocenters. The zero-order chi connectivity index (χ0) is 25.6. The monoisotopic (exact) mass is 498 g/mol. The molecule has 184 valence electrons. The van der Waals surface area contributed by atoms with Crippen molar-refractivity contribution in [2.75, 3.05) is 13.4 Å². The molecule has 1 amide bonds. The first-order chi connectivity index (χ1) is 16.6. The Morgan fingerprint density at radius 2 is 1.86 bits per heavy atom. The molecule has 9 nitrogen and oxygen atoms in total. The van der Waals surface area contributed by atoms with Gasteiger partial charge in [-0.05, 0) is 60.7 Å². The van der Waals surface area contributed by atoms with Crippen LogP contribution in [0.2, 0.25) is 0 Å². The van der Waals surface area contributed by atoms with E-state index in [1.54, 1.807) is 25.4 Å². The molecule has 1 atom stereocenters. The molecule has 0 aliphatic heterocycles. The molecule has 0 radical (unpaired) electrons. The molecule has 2 aromatic heterocycles. The SMILES string of the molecule is COCc1ccc(C#Cc2ccc(-c3ccn(CCC(C)(C(=O)NO)S(C)(=O)=O)c(=O)c3)cc2)o1. The minimum atomic E-state index is -3.85. The van der Waals surface area contributed by atoms with Gasteiger partial charge in [0.2, 0.25) is 0 Å². The van der Waals surface area contributed by atoms with Gasteiger partial charge in [-0.1, -0.05) is 18.1 Å². The van der Waals surface area contributed by atoms with Crippen LogP contribution in [-0.2, 0) is 32.5 Å². The summed E-state index contributed by atoms with van der Waals surface area (Å²) in [5.74, 6) is 6.16.